The van der Waals surface area contributed by atoms with E-state index in [4.69, 9.17) is 10.8 Å². The van der Waals surface area contributed by atoms with Crippen molar-refractivity contribution < 1.29 is 5.11 Å². The van der Waals surface area contributed by atoms with Crippen molar-refractivity contribution in [2.45, 2.75) is 26.7 Å². The van der Waals surface area contributed by atoms with Gasteiger partial charge in [-0.25, -0.2) is 0 Å². The molecule has 0 aromatic heterocycles. The largest absolute Gasteiger partial charge is 0.396 e. The minimum Gasteiger partial charge on any atom is -0.396 e. The summed E-state index contributed by atoms with van der Waals surface area (Å²) in [5.41, 5.74) is 5.89. The summed E-state index contributed by atoms with van der Waals surface area (Å²) in [5, 5.41) is 8.87. The van der Waals surface area contributed by atoms with E-state index in [0.717, 1.165) is 19.0 Å². The molecule has 0 saturated carbocycles. The van der Waals surface area contributed by atoms with E-state index in [-0.39, 0.29) is 36.5 Å². The molecule has 0 radical (unpaired) electrons. The Balaban J connectivity index is 0.00000225. The van der Waals surface area contributed by atoms with E-state index in [1.807, 2.05) is 6.92 Å². The van der Waals surface area contributed by atoms with Gasteiger partial charge in [0.1, 0.15) is 0 Å². The standard InChI is InChI=1S/C11H23N3O.HI/c1-9-3-5-14(6-4-9)11(12)13-7-10(2)8-15;/h9-10,15H,3-8H2,1-2H3,(H2,12,13);1H. The van der Waals surface area contributed by atoms with Gasteiger partial charge in [-0.05, 0) is 24.7 Å². The number of halogens is 1. The molecule has 0 spiro atoms. The third-order valence-corrected chi connectivity index (χ3v) is 2.98. The van der Waals surface area contributed by atoms with Crippen molar-refractivity contribution >= 4 is 29.9 Å². The van der Waals surface area contributed by atoms with E-state index in [1.54, 1.807) is 0 Å². The average Bonchev–Trinajstić information content (AvgIpc) is 2.26. The van der Waals surface area contributed by atoms with Crippen LogP contribution < -0.4 is 5.73 Å². The van der Waals surface area contributed by atoms with Crippen molar-refractivity contribution in [1.82, 2.24) is 4.90 Å². The maximum atomic E-state index is 8.87. The maximum Gasteiger partial charge on any atom is 0.191 e. The van der Waals surface area contributed by atoms with Crippen LogP contribution in [-0.4, -0.2) is 42.2 Å². The molecule has 4 nitrogen and oxygen atoms in total. The third kappa shape index (κ3) is 5.34. The van der Waals surface area contributed by atoms with Gasteiger partial charge in [-0.15, -0.1) is 24.0 Å². The molecule has 16 heavy (non-hydrogen) atoms. The van der Waals surface area contributed by atoms with Gasteiger partial charge in [0, 0.05) is 26.2 Å². The van der Waals surface area contributed by atoms with Gasteiger partial charge in [-0.2, -0.15) is 0 Å². The van der Waals surface area contributed by atoms with Crippen molar-refractivity contribution in [2.24, 2.45) is 22.6 Å². The summed E-state index contributed by atoms with van der Waals surface area (Å²) in [6, 6.07) is 0. The van der Waals surface area contributed by atoms with Crippen LogP contribution in [0.2, 0.25) is 0 Å². The summed E-state index contributed by atoms with van der Waals surface area (Å²) in [7, 11) is 0. The Labute approximate surface area is 115 Å². The van der Waals surface area contributed by atoms with Crippen molar-refractivity contribution in [1.29, 1.82) is 0 Å². The van der Waals surface area contributed by atoms with Crippen LogP contribution in [0.5, 0.6) is 0 Å². The van der Waals surface area contributed by atoms with E-state index in [9.17, 15) is 0 Å². The fourth-order valence-corrected chi connectivity index (χ4v) is 1.64. The van der Waals surface area contributed by atoms with Crippen molar-refractivity contribution in [3.05, 3.63) is 0 Å². The fourth-order valence-electron chi connectivity index (χ4n) is 1.64. The van der Waals surface area contributed by atoms with Crippen molar-refractivity contribution in [3.8, 4) is 0 Å². The van der Waals surface area contributed by atoms with Crippen LogP contribution in [-0.2, 0) is 0 Å². The van der Waals surface area contributed by atoms with Gasteiger partial charge in [0.15, 0.2) is 5.96 Å². The molecule has 0 bridgehead atoms. The molecule has 0 aromatic carbocycles. The molecule has 1 rings (SSSR count). The third-order valence-electron chi connectivity index (χ3n) is 2.98. The SMILES string of the molecule is CC1CCN(C(N)=NCC(C)CO)CC1.I. The number of guanidine groups is 1. The highest BCUT2D eigenvalue weighted by Crippen LogP contribution is 2.15. The number of aliphatic hydroxyl groups is 1. The predicted octanol–water partition coefficient (Wildman–Crippen LogP) is 1.28. The Hall–Kier alpha value is -0.0400. The van der Waals surface area contributed by atoms with E-state index >= 15 is 0 Å². The first-order valence-electron chi connectivity index (χ1n) is 5.79. The molecule has 0 aliphatic carbocycles. The summed E-state index contributed by atoms with van der Waals surface area (Å²) in [5.74, 6) is 1.65. The number of rotatable bonds is 3. The Morgan fingerprint density at radius 3 is 2.56 bits per heavy atom. The number of piperidine rings is 1. The first-order valence-corrected chi connectivity index (χ1v) is 5.79. The molecular weight excluding hydrogens is 317 g/mol. The summed E-state index contributed by atoms with van der Waals surface area (Å²) < 4.78 is 0. The normalized spacial score (nSPS) is 20.4. The first kappa shape index (κ1) is 16.0. The maximum absolute atomic E-state index is 8.87. The summed E-state index contributed by atoms with van der Waals surface area (Å²) in [6.45, 7) is 7.07. The molecular formula is C11H24IN3O. The lowest BCUT2D eigenvalue weighted by Crippen LogP contribution is -2.42. The number of nitrogens with two attached hydrogens (primary N) is 1. The van der Waals surface area contributed by atoms with Gasteiger partial charge in [0.05, 0.1) is 0 Å². The fraction of sp³-hybridized carbons (Fsp3) is 0.909. The van der Waals surface area contributed by atoms with Crippen LogP contribution in [0.15, 0.2) is 4.99 Å². The van der Waals surface area contributed by atoms with Crippen LogP contribution in [0.1, 0.15) is 26.7 Å². The Morgan fingerprint density at radius 2 is 2.06 bits per heavy atom. The lowest BCUT2D eigenvalue weighted by molar-refractivity contribution is 0.240. The zero-order valence-electron chi connectivity index (χ0n) is 10.2. The van der Waals surface area contributed by atoms with Crippen LogP contribution in [0.4, 0.5) is 0 Å². The van der Waals surface area contributed by atoms with Gasteiger partial charge >= 0.3 is 0 Å². The lowest BCUT2D eigenvalue weighted by Gasteiger charge is -2.31. The second-order valence-corrected chi connectivity index (χ2v) is 4.66. The van der Waals surface area contributed by atoms with Crippen molar-refractivity contribution in [2.75, 3.05) is 26.2 Å². The molecule has 0 amide bonds. The molecule has 5 heteroatoms. The monoisotopic (exact) mass is 341 g/mol. The average molecular weight is 341 g/mol. The van der Waals surface area contributed by atoms with Crippen LogP contribution in [0.3, 0.4) is 0 Å². The number of aliphatic hydroxyl groups excluding tert-OH is 1. The van der Waals surface area contributed by atoms with Crippen LogP contribution in [0, 0.1) is 11.8 Å². The van der Waals surface area contributed by atoms with Crippen molar-refractivity contribution in [3.63, 3.8) is 0 Å². The molecule has 1 aliphatic heterocycles. The smallest absolute Gasteiger partial charge is 0.191 e. The Kier molecular flexibility index (Phi) is 8.09. The second kappa shape index (κ2) is 8.11. The Morgan fingerprint density at radius 1 is 1.50 bits per heavy atom. The number of hydrogen-bond acceptors (Lipinski definition) is 2. The van der Waals surface area contributed by atoms with E-state index < -0.39 is 0 Å². The number of likely N-dealkylation sites (tertiary alicyclic amines) is 1. The van der Waals surface area contributed by atoms with Gasteiger partial charge in [-0.3, -0.25) is 4.99 Å². The van der Waals surface area contributed by atoms with Gasteiger partial charge < -0.3 is 15.7 Å². The molecule has 1 fully saturated rings. The van der Waals surface area contributed by atoms with E-state index in [0.29, 0.717) is 12.5 Å². The second-order valence-electron chi connectivity index (χ2n) is 4.66. The Bertz CT molecular complexity index is 215. The molecule has 3 N–H and O–H groups in total. The lowest BCUT2D eigenvalue weighted by atomic mass is 10.00. The van der Waals surface area contributed by atoms with Crippen LogP contribution in [0.25, 0.3) is 0 Å². The van der Waals surface area contributed by atoms with Gasteiger partial charge in [-0.1, -0.05) is 13.8 Å². The summed E-state index contributed by atoms with van der Waals surface area (Å²) >= 11 is 0. The first-order chi connectivity index (χ1) is 7.13. The minimum absolute atomic E-state index is 0. The van der Waals surface area contributed by atoms with Gasteiger partial charge in [0.25, 0.3) is 0 Å². The highest BCUT2D eigenvalue weighted by Gasteiger charge is 2.16. The quantitative estimate of drug-likeness (QED) is 0.462. The summed E-state index contributed by atoms with van der Waals surface area (Å²) in [4.78, 5) is 6.45. The molecule has 1 saturated heterocycles. The molecule has 1 unspecified atom stereocenters. The van der Waals surface area contributed by atoms with Crippen LogP contribution >= 0.6 is 24.0 Å². The number of aliphatic imine (C=N–C) groups is 1. The zero-order chi connectivity index (χ0) is 11.3. The molecule has 96 valence electrons. The molecule has 1 heterocycles. The molecule has 1 atom stereocenters. The zero-order valence-corrected chi connectivity index (χ0v) is 12.6. The highest BCUT2D eigenvalue weighted by molar-refractivity contribution is 14.0. The molecule has 1 aliphatic rings. The topological polar surface area (TPSA) is 61.8 Å². The van der Waals surface area contributed by atoms with E-state index in [2.05, 4.69) is 16.8 Å². The minimum atomic E-state index is 0. The van der Waals surface area contributed by atoms with Gasteiger partial charge in [0.2, 0.25) is 0 Å². The number of hydrogen-bond donors (Lipinski definition) is 2. The predicted molar refractivity (Wildman–Crippen MR) is 78.1 cm³/mol. The highest BCUT2D eigenvalue weighted by atomic mass is 127. The number of nitrogens with zero attached hydrogens (tertiary/aromatic N) is 2. The van der Waals surface area contributed by atoms with E-state index in [1.165, 1.54) is 12.8 Å². The molecule has 0 aromatic rings. The summed E-state index contributed by atoms with van der Waals surface area (Å²) in [6.07, 6.45) is 2.40.